The summed E-state index contributed by atoms with van der Waals surface area (Å²) in [4.78, 5) is 26.3. The van der Waals surface area contributed by atoms with Crippen LogP contribution in [0.3, 0.4) is 0 Å². The Morgan fingerprint density at radius 3 is 1.51 bits per heavy atom. The summed E-state index contributed by atoms with van der Waals surface area (Å²) < 4.78 is 15.9. The van der Waals surface area contributed by atoms with Crippen molar-refractivity contribution in [3.63, 3.8) is 0 Å². The van der Waals surface area contributed by atoms with Crippen LogP contribution >= 0.6 is 15.9 Å². The number of nitro groups is 2. The van der Waals surface area contributed by atoms with Gasteiger partial charge in [-0.05, 0) is 72.8 Å². The second-order valence-electron chi connectivity index (χ2n) is 17.0. The molecule has 0 fully saturated rings. The summed E-state index contributed by atoms with van der Waals surface area (Å²) in [5.41, 5.74) is 11.0. The number of fused-ring (bicyclic) bond motifs is 14. The molecule has 0 aliphatic carbocycles. The molecule has 10 nitrogen and oxygen atoms in total. The van der Waals surface area contributed by atoms with Crippen molar-refractivity contribution in [3.8, 4) is 27.9 Å². The van der Waals surface area contributed by atoms with Gasteiger partial charge in [0.25, 0.3) is 11.4 Å². The molecular weight excluding hydrogens is 953 g/mol. The minimum atomic E-state index is -0.339. The fourth-order valence-electron chi connectivity index (χ4n) is 9.95. The first kappa shape index (κ1) is 43.0. The van der Waals surface area contributed by atoms with E-state index in [9.17, 15) is 20.2 Å². The molecule has 0 aliphatic rings. The van der Waals surface area contributed by atoms with Crippen molar-refractivity contribution < 1.29 is 18.7 Å². The van der Waals surface area contributed by atoms with E-state index >= 15 is 0 Å². The van der Waals surface area contributed by atoms with Crippen LogP contribution in [0.5, 0.6) is 0 Å². The molecule has 340 valence electrons. The van der Waals surface area contributed by atoms with Gasteiger partial charge < -0.3 is 18.4 Å². The van der Waals surface area contributed by atoms with Gasteiger partial charge >= 0.3 is 0 Å². The van der Waals surface area contributed by atoms with Gasteiger partial charge in [-0.15, -0.1) is 0 Å². The Kier molecular flexibility index (Phi) is 10.7. The molecule has 0 atom stereocenters. The zero-order valence-electron chi connectivity index (χ0n) is 37.5. The Bertz CT molecular complexity index is 4380. The molecule has 71 heavy (non-hydrogen) atoms. The number of aromatic amines is 1. The van der Waals surface area contributed by atoms with Crippen LogP contribution in [0, 0.1) is 20.2 Å². The number of H-pyrrole nitrogens is 1. The quantitative estimate of drug-likeness (QED) is 0.135. The molecule has 14 rings (SSSR count). The highest BCUT2D eigenvalue weighted by Crippen LogP contribution is 2.45. The van der Waals surface area contributed by atoms with Crippen LogP contribution < -0.4 is 0 Å². The summed E-state index contributed by atoms with van der Waals surface area (Å²) >= 11 is 3.31. The van der Waals surface area contributed by atoms with Gasteiger partial charge in [0, 0.05) is 65.7 Å². The first-order chi connectivity index (χ1) is 34.8. The van der Waals surface area contributed by atoms with Gasteiger partial charge in [0.05, 0.1) is 53.8 Å². The molecular formula is C60H37BrN4O6. The average molecular weight is 990 g/mol. The van der Waals surface area contributed by atoms with Crippen LogP contribution in [-0.4, -0.2) is 19.4 Å². The highest BCUT2D eigenvalue weighted by molar-refractivity contribution is 9.10. The van der Waals surface area contributed by atoms with Crippen LogP contribution in [-0.2, 0) is 0 Å². The zero-order chi connectivity index (χ0) is 48.2. The third kappa shape index (κ3) is 7.34. The molecule has 4 heterocycles. The largest absolute Gasteiger partial charge is 0.455 e. The first-order valence-corrected chi connectivity index (χ1v) is 23.6. The Morgan fingerprint density at radius 2 is 0.901 bits per heavy atom. The SMILES string of the molecule is Brc1ccccc1.O=[N+]([O-])c1ccccc1-c1cccc2c1[nH]c1ccc3c4ccccc4oc3c12.O=[N+]([O-])c1ccccc1-c1cccc2c3c4oc5ccccc5c4ccc3n(-c3ccccc3)c12. The number of hydrogen-bond donors (Lipinski definition) is 1. The van der Waals surface area contributed by atoms with E-state index in [1.54, 1.807) is 24.3 Å². The lowest BCUT2D eigenvalue weighted by atomic mass is 10.00. The number of rotatable bonds is 5. The maximum Gasteiger partial charge on any atom is 0.277 e. The van der Waals surface area contributed by atoms with Gasteiger partial charge in [0.2, 0.25) is 0 Å². The molecule has 0 radical (unpaired) electrons. The molecule has 0 saturated heterocycles. The lowest BCUT2D eigenvalue weighted by Crippen LogP contribution is -1.97. The standard InChI is InChI=1S/C30H18N2O3.C24H14N2O3.C6H5Br/c33-32(34)25-15-6-4-11-20(25)22-13-8-14-24-28-26(31(29(22)24)19-9-2-1-3-10-19)18-17-23-21-12-5-7-16-27(21)35-30(23)28;27-26(28)20-10-3-1-6-14(20)16-8-5-9-18-22-19(25-23(16)18)13-12-17-15-7-2-4-11-21(15)29-24(17)22;7-6-4-2-1-3-5-6/h1-18H;1-13,25H;1-5H. The maximum atomic E-state index is 11.9. The molecule has 0 amide bonds. The summed E-state index contributed by atoms with van der Waals surface area (Å²) in [7, 11) is 0. The highest BCUT2D eigenvalue weighted by Gasteiger charge is 2.24. The summed E-state index contributed by atoms with van der Waals surface area (Å²) in [5, 5.41) is 31.7. The summed E-state index contributed by atoms with van der Waals surface area (Å²) in [6.45, 7) is 0. The number of halogens is 1. The van der Waals surface area contributed by atoms with Gasteiger partial charge in [-0.3, -0.25) is 20.2 Å². The van der Waals surface area contributed by atoms with Crippen molar-refractivity contribution in [2.24, 2.45) is 0 Å². The van der Waals surface area contributed by atoms with Crippen molar-refractivity contribution in [2.45, 2.75) is 0 Å². The van der Waals surface area contributed by atoms with Gasteiger partial charge in [-0.1, -0.05) is 149 Å². The number of nitrogens with one attached hydrogen (secondary N) is 1. The van der Waals surface area contributed by atoms with Crippen LogP contribution in [0.4, 0.5) is 11.4 Å². The Balaban J connectivity index is 0.000000130. The number of nitrogens with zero attached hydrogens (tertiary/aromatic N) is 3. The van der Waals surface area contributed by atoms with Crippen LogP contribution in [0.25, 0.3) is 115 Å². The van der Waals surface area contributed by atoms with Gasteiger partial charge in [0.15, 0.2) is 0 Å². The number of hydrogen-bond acceptors (Lipinski definition) is 6. The van der Waals surface area contributed by atoms with E-state index in [1.165, 1.54) is 6.07 Å². The zero-order valence-corrected chi connectivity index (χ0v) is 39.0. The minimum Gasteiger partial charge on any atom is -0.455 e. The maximum absolute atomic E-state index is 11.9. The molecule has 0 aliphatic heterocycles. The van der Waals surface area contributed by atoms with E-state index in [0.29, 0.717) is 11.1 Å². The normalized spacial score (nSPS) is 11.4. The molecule has 0 bridgehead atoms. The van der Waals surface area contributed by atoms with Crippen molar-refractivity contribution in [1.82, 2.24) is 9.55 Å². The lowest BCUT2D eigenvalue weighted by molar-refractivity contribution is -0.384. The second-order valence-corrected chi connectivity index (χ2v) is 17.9. The Hall–Kier alpha value is -9.32. The van der Waals surface area contributed by atoms with Crippen LogP contribution in [0.2, 0.25) is 0 Å². The lowest BCUT2D eigenvalue weighted by Gasteiger charge is -2.11. The molecule has 0 saturated carbocycles. The Labute approximate surface area is 412 Å². The Morgan fingerprint density at radius 1 is 0.423 bits per heavy atom. The third-order valence-electron chi connectivity index (χ3n) is 13.0. The van der Waals surface area contributed by atoms with Gasteiger partial charge in [0.1, 0.15) is 22.3 Å². The molecule has 1 N–H and O–H groups in total. The molecule has 0 spiro atoms. The van der Waals surface area contributed by atoms with Crippen molar-refractivity contribution >= 4 is 115 Å². The number of para-hydroxylation sites is 7. The second kappa shape index (κ2) is 17.6. The number of nitro benzene ring substituents is 2. The monoisotopic (exact) mass is 988 g/mol. The van der Waals surface area contributed by atoms with Crippen LogP contribution in [0.15, 0.2) is 232 Å². The molecule has 10 aromatic carbocycles. The summed E-state index contributed by atoms with van der Waals surface area (Å²) in [6, 6.07) is 70.0. The molecule has 14 aromatic rings. The first-order valence-electron chi connectivity index (χ1n) is 22.8. The van der Waals surface area contributed by atoms with E-state index in [-0.39, 0.29) is 21.2 Å². The molecule has 0 unspecified atom stereocenters. The number of furan rings is 2. The molecule has 11 heteroatoms. The van der Waals surface area contributed by atoms with E-state index in [2.05, 4.69) is 74.0 Å². The predicted molar refractivity (Wildman–Crippen MR) is 289 cm³/mol. The van der Waals surface area contributed by atoms with E-state index in [4.69, 9.17) is 8.83 Å². The summed E-state index contributed by atoms with van der Waals surface area (Å²) in [6.07, 6.45) is 0. The fraction of sp³-hybridized carbons (Fsp3) is 0. The van der Waals surface area contributed by atoms with E-state index < -0.39 is 0 Å². The van der Waals surface area contributed by atoms with Crippen molar-refractivity contribution in [1.29, 1.82) is 0 Å². The summed E-state index contributed by atoms with van der Waals surface area (Å²) in [5.74, 6) is 0. The van der Waals surface area contributed by atoms with Crippen LogP contribution in [0.1, 0.15) is 0 Å². The smallest absolute Gasteiger partial charge is 0.277 e. The van der Waals surface area contributed by atoms with E-state index in [0.717, 1.165) is 109 Å². The minimum absolute atomic E-state index is 0.0822. The van der Waals surface area contributed by atoms with Gasteiger partial charge in [-0.2, -0.15) is 0 Å². The topological polar surface area (TPSA) is 133 Å². The fourth-order valence-corrected chi connectivity index (χ4v) is 10.3. The molecule has 4 aromatic heterocycles. The van der Waals surface area contributed by atoms with Crippen molar-refractivity contribution in [2.75, 3.05) is 0 Å². The third-order valence-corrected chi connectivity index (χ3v) is 13.5. The predicted octanol–water partition coefficient (Wildman–Crippen LogP) is 17.5. The number of benzene rings is 10. The van der Waals surface area contributed by atoms with Crippen molar-refractivity contribution in [3.05, 3.63) is 243 Å². The van der Waals surface area contributed by atoms with E-state index in [1.807, 2.05) is 140 Å². The highest BCUT2D eigenvalue weighted by atomic mass is 79.9. The average Bonchev–Trinajstić information content (AvgIpc) is 4.18. The number of aromatic nitrogens is 2. The van der Waals surface area contributed by atoms with Gasteiger partial charge in [-0.25, -0.2) is 0 Å².